The Morgan fingerprint density at radius 3 is 1.66 bits per heavy atom. The van der Waals surface area contributed by atoms with Gasteiger partial charge in [-0.15, -0.1) is 0 Å². The predicted molar refractivity (Wildman–Crippen MR) is 253 cm³/mol. The van der Waals surface area contributed by atoms with Crippen LogP contribution in [-0.2, 0) is 0 Å². The Hall–Kier alpha value is -7.43. The zero-order valence-electron chi connectivity index (χ0n) is 34.0. The van der Waals surface area contributed by atoms with Crippen LogP contribution in [0.4, 0.5) is 0 Å². The molecule has 0 bridgehead atoms. The first-order valence-electron chi connectivity index (χ1n) is 21.5. The number of rotatable bonds is 8. The van der Waals surface area contributed by atoms with E-state index in [1.807, 2.05) is 6.20 Å². The van der Waals surface area contributed by atoms with Crippen LogP contribution in [0.3, 0.4) is 0 Å². The molecular formula is C57H44N4. The van der Waals surface area contributed by atoms with Crippen molar-refractivity contribution in [2.75, 3.05) is 0 Å². The summed E-state index contributed by atoms with van der Waals surface area (Å²) in [6, 6.07) is 62.7. The van der Waals surface area contributed by atoms with Gasteiger partial charge < -0.3 is 0 Å². The molecule has 0 radical (unpaired) electrons. The monoisotopic (exact) mass is 784 g/mol. The molecule has 0 fully saturated rings. The van der Waals surface area contributed by atoms with E-state index < -0.39 is 0 Å². The molecule has 6 aromatic carbocycles. The van der Waals surface area contributed by atoms with E-state index in [4.69, 9.17) is 15.1 Å². The van der Waals surface area contributed by atoms with Gasteiger partial charge in [-0.1, -0.05) is 188 Å². The number of nitrogens with zero attached hydrogens (tertiary/aromatic N) is 4. The molecule has 0 amide bonds. The van der Waals surface area contributed by atoms with Gasteiger partial charge in [0, 0.05) is 33.2 Å². The SMILES string of the molecule is C1=C(c2ccccc2)CCC(c2ccc(-c3cc(-c4ccccc4)nc(C4=CC=C(c5c(-c6ccccc6)n6ncc(-c7ccccc7)c6c6ccccc56)CC4)n3)cc2)C1. The maximum Gasteiger partial charge on any atom is 0.156 e. The quantitative estimate of drug-likeness (QED) is 0.154. The van der Waals surface area contributed by atoms with Crippen molar-refractivity contribution in [1.29, 1.82) is 0 Å². The molecule has 0 saturated carbocycles. The summed E-state index contributed by atoms with van der Waals surface area (Å²) in [6.07, 6.45) is 14.0. The minimum atomic E-state index is 0.523. The lowest BCUT2D eigenvalue weighted by molar-refractivity contribution is 0.626. The van der Waals surface area contributed by atoms with Gasteiger partial charge in [-0.25, -0.2) is 14.5 Å². The van der Waals surface area contributed by atoms with Crippen LogP contribution >= 0.6 is 0 Å². The number of aromatic nitrogens is 4. The molecule has 0 spiro atoms. The highest BCUT2D eigenvalue weighted by Crippen LogP contribution is 2.44. The molecule has 11 rings (SSSR count). The number of pyridine rings is 1. The third kappa shape index (κ3) is 7.00. The van der Waals surface area contributed by atoms with Crippen LogP contribution in [0.1, 0.15) is 60.5 Å². The summed E-state index contributed by atoms with van der Waals surface area (Å²) in [5.41, 5.74) is 17.6. The van der Waals surface area contributed by atoms with Gasteiger partial charge in [0.25, 0.3) is 0 Å². The molecule has 4 nitrogen and oxygen atoms in total. The third-order valence-electron chi connectivity index (χ3n) is 12.6. The van der Waals surface area contributed by atoms with Gasteiger partial charge in [0.2, 0.25) is 0 Å². The standard InChI is InChI=1S/C57H44N4/c1-5-15-39(16-6-1)40-25-27-41(28-26-40)42-29-31-45(32-30-42)53-37-52(44-19-9-3-10-20-44)59-57(60-53)48-35-33-46(34-36-48)54-49-23-13-14-24-50(49)56-51(43-17-7-2-8-18-43)38-58-61(56)55(54)47-21-11-4-12-22-47/h1-25,29-33,35,37-38,41H,26-28,34,36H2. The molecule has 0 N–H and O–H groups in total. The molecule has 4 heteroatoms. The first-order chi connectivity index (χ1) is 30.2. The van der Waals surface area contributed by atoms with Crippen LogP contribution in [0, 0.1) is 0 Å². The first kappa shape index (κ1) is 36.6. The Morgan fingerprint density at radius 2 is 1.03 bits per heavy atom. The van der Waals surface area contributed by atoms with Crippen LogP contribution in [-0.4, -0.2) is 19.6 Å². The van der Waals surface area contributed by atoms with E-state index in [1.54, 1.807) is 0 Å². The van der Waals surface area contributed by atoms with Crippen LogP contribution < -0.4 is 0 Å². The zero-order chi connectivity index (χ0) is 40.5. The number of hydrogen-bond donors (Lipinski definition) is 0. The predicted octanol–water partition coefficient (Wildman–Crippen LogP) is 14.6. The van der Waals surface area contributed by atoms with Crippen molar-refractivity contribution in [3.63, 3.8) is 0 Å². The molecule has 0 aliphatic heterocycles. The lowest BCUT2D eigenvalue weighted by atomic mass is 9.82. The lowest BCUT2D eigenvalue weighted by Crippen LogP contribution is -2.05. The molecule has 2 aliphatic rings. The third-order valence-corrected chi connectivity index (χ3v) is 12.6. The van der Waals surface area contributed by atoms with Gasteiger partial charge in [0.05, 0.1) is 28.8 Å². The van der Waals surface area contributed by atoms with Gasteiger partial charge in [-0.2, -0.15) is 5.10 Å². The van der Waals surface area contributed by atoms with Crippen molar-refractivity contribution in [3.05, 3.63) is 223 Å². The molecule has 61 heavy (non-hydrogen) atoms. The number of fused-ring (bicyclic) bond motifs is 3. The highest BCUT2D eigenvalue weighted by atomic mass is 15.2. The highest BCUT2D eigenvalue weighted by molar-refractivity contribution is 6.11. The molecule has 2 aliphatic carbocycles. The van der Waals surface area contributed by atoms with E-state index in [9.17, 15) is 0 Å². The summed E-state index contributed by atoms with van der Waals surface area (Å²) < 4.78 is 2.17. The summed E-state index contributed by atoms with van der Waals surface area (Å²) in [5, 5.41) is 7.53. The van der Waals surface area contributed by atoms with Crippen molar-refractivity contribution in [2.24, 2.45) is 0 Å². The van der Waals surface area contributed by atoms with Gasteiger partial charge in [-0.3, -0.25) is 0 Å². The molecule has 0 saturated heterocycles. The Morgan fingerprint density at radius 1 is 0.475 bits per heavy atom. The second-order valence-corrected chi connectivity index (χ2v) is 16.2. The second kappa shape index (κ2) is 16.0. The minimum Gasteiger partial charge on any atom is -0.231 e. The summed E-state index contributed by atoms with van der Waals surface area (Å²) in [6.45, 7) is 0. The Balaban J connectivity index is 0.980. The normalized spacial score (nSPS) is 15.3. The summed E-state index contributed by atoms with van der Waals surface area (Å²) in [4.78, 5) is 10.5. The lowest BCUT2D eigenvalue weighted by Gasteiger charge is -2.23. The minimum absolute atomic E-state index is 0.523. The fourth-order valence-corrected chi connectivity index (χ4v) is 9.44. The fraction of sp³-hybridized carbons (Fsp3) is 0.105. The zero-order valence-corrected chi connectivity index (χ0v) is 34.0. The van der Waals surface area contributed by atoms with E-state index in [0.717, 1.165) is 93.9 Å². The van der Waals surface area contributed by atoms with Gasteiger partial charge in [0.1, 0.15) is 0 Å². The summed E-state index contributed by atoms with van der Waals surface area (Å²) >= 11 is 0. The van der Waals surface area contributed by atoms with Gasteiger partial charge in [-0.05, 0) is 82.9 Å². The Labute approximate surface area is 357 Å². The smallest absolute Gasteiger partial charge is 0.156 e. The highest BCUT2D eigenvalue weighted by Gasteiger charge is 2.24. The van der Waals surface area contributed by atoms with Crippen molar-refractivity contribution >= 4 is 33.0 Å². The molecule has 3 aromatic heterocycles. The van der Waals surface area contributed by atoms with Gasteiger partial charge in [0.15, 0.2) is 5.82 Å². The Bertz CT molecular complexity index is 3120. The number of allylic oxidation sites excluding steroid dienone is 6. The Kier molecular flexibility index (Phi) is 9.59. The van der Waals surface area contributed by atoms with Crippen LogP contribution in [0.5, 0.6) is 0 Å². The largest absolute Gasteiger partial charge is 0.231 e. The first-order valence-corrected chi connectivity index (χ1v) is 21.5. The summed E-state index contributed by atoms with van der Waals surface area (Å²) in [5.74, 6) is 1.31. The molecule has 3 heterocycles. The van der Waals surface area contributed by atoms with E-state index >= 15 is 0 Å². The van der Waals surface area contributed by atoms with E-state index in [-0.39, 0.29) is 0 Å². The molecule has 1 atom stereocenters. The average molecular weight is 785 g/mol. The fourth-order valence-electron chi connectivity index (χ4n) is 9.44. The van der Waals surface area contributed by atoms with Crippen molar-refractivity contribution in [3.8, 4) is 44.9 Å². The average Bonchev–Trinajstić information content (AvgIpc) is 3.80. The number of benzene rings is 6. The van der Waals surface area contributed by atoms with Crippen LogP contribution in [0.25, 0.3) is 77.9 Å². The molecule has 1 unspecified atom stereocenters. The van der Waals surface area contributed by atoms with E-state index in [0.29, 0.717) is 5.92 Å². The maximum absolute atomic E-state index is 5.29. The van der Waals surface area contributed by atoms with E-state index in [1.165, 1.54) is 38.6 Å². The number of hydrogen-bond acceptors (Lipinski definition) is 3. The van der Waals surface area contributed by atoms with Crippen molar-refractivity contribution in [2.45, 2.75) is 38.0 Å². The van der Waals surface area contributed by atoms with Crippen LogP contribution in [0.15, 0.2) is 200 Å². The molecule has 292 valence electrons. The van der Waals surface area contributed by atoms with Crippen molar-refractivity contribution < 1.29 is 0 Å². The topological polar surface area (TPSA) is 43.1 Å². The van der Waals surface area contributed by atoms with Crippen LogP contribution in [0.2, 0.25) is 0 Å². The summed E-state index contributed by atoms with van der Waals surface area (Å²) in [7, 11) is 0. The molecular weight excluding hydrogens is 741 g/mol. The van der Waals surface area contributed by atoms with Crippen molar-refractivity contribution in [1.82, 2.24) is 19.6 Å². The maximum atomic E-state index is 5.29. The molecule has 9 aromatic rings. The second-order valence-electron chi connectivity index (χ2n) is 16.2. The van der Waals surface area contributed by atoms with E-state index in [2.05, 4.69) is 199 Å². The van der Waals surface area contributed by atoms with Gasteiger partial charge >= 0.3 is 0 Å².